The number of carboxylic acids is 1. The summed E-state index contributed by atoms with van der Waals surface area (Å²) >= 11 is 0. The standard InChI is InChI=1S/C31H50O3/c1-21(2)8-6-9-22(3)26-13-14-27-25-12-11-23-20-24(34-19-7-10-29(32)33)15-17-30(23,4)28(25)16-18-31(26,27)5/h7,10-11,21-22,24-28H,6,8-9,12-20H2,1-5H3,(H,32,33). The lowest BCUT2D eigenvalue weighted by Gasteiger charge is -2.58. The fraction of sp³-hybridized carbons (Fsp3) is 0.839. The van der Waals surface area contributed by atoms with Crippen molar-refractivity contribution in [1.29, 1.82) is 0 Å². The second-order valence-electron chi connectivity index (χ2n) is 13.2. The molecule has 0 bridgehead atoms. The monoisotopic (exact) mass is 470 g/mol. The van der Waals surface area contributed by atoms with Crippen molar-refractivity contribution in [2.45, 2.75) is 111 Å². The van der Waals surface area contributed by atoms with Crippen LogP contribution >= 0.6 is 0 Å². The van der Waals surface area contributed by atoms with Crippen molar-refractivity contribution in [3.05, 3.63) is 23.8 Å². The Balaban J connectivity index is 1.40. The Labute approximate surface area is 208 Å². The van der Waals surface area contributed by atoms with Crippen LogP contribution in [-0.2, 0) is 9.53 Å². The van der Waals surface area contributed by atoms with E-state index in [2.05, 4.69) is 40.7 Å². The number of fused-ring (bicyclic) bond motifs is 5. The highest BCUT2D eigenvalue weighted by molar-refractivity contribution is 5.79. The fourth-order valence-electron chi connectivity index (χ4n) is 9.13. The summed E-state index contributed by atoms with van der Waals surface area (Å²) in [5.74, 6) is 4.35. The summed E-state index contributed by atoms with van der Waals surface area (Å²) in [6, 6.07) is 0. The van der Waals surface area contributed by atoms with Crippen LogP contribution in [0.2, 0.25) is 0 Å². The van der Waals surface area contributed by atoms with Crippen LogP contribution in [0.25, 0.3) is 0 Å². The average Bonchev–Trinajstić information content (AvgIpc) is 3.13. The molecule has 34 heavy (non-hydrogen) atoms. The lowest BCUT2D eigenvalue weighted by Crippen LogP contribution is -2.51. The summed E-state index contributed by atoms with van der Waals surface area (Å²) in [4.78, 5) is 10.7. The zero-order chi connectivity index (χ0) is 24.5. The van der Waals surface area contributed by atoms with E-state index in [0.29, 0.717) is 17.4 Å². The van der Waals surface area contributed by atoms with E-state index in [1.165, 1.54) is 63.9 Å². The zero-order valence-electron chi connectivity index (χ0n) is 22.5. The predicted octanol–water partition coefficient (Wildman–Crippen LogP) is 8.05. The van der Waals surface area contributed by atoms with Gasteiger partial charge in [-0.1, -0.05) is 71.6 Å². The van der Waals surface area contributed by atoms with Gasteiger partial charge in [0.25, 0.3) is 0 Å². The second-order valence-corrected chi connectivity index (χ2v) is 13.2. The highest BCUT2D eigenvalue weighted by atomic mass is 16.5. The molecule has 8 atom stereocenters. The number of aliphatic carboxylic acids is 1. The highest BCUT2D eigenvalue weighted by Crippen LogP contribution is 2.67. The van der Waals surface area contributed by atoms with Crippen molar-refractivity contribution in [2.24, 2.45) is 46.3 Å². The minimum atomic E-state index is -0.899. The molecule has 1 N–H and O–H groups in total. The third-order valence-corrected chi connectivity index (χ3v) is 10.9. The van der Waals surface area contributed by atoms with Crippen LogP contribution in [0, 0.1) is 46.3 Å². The van der Waals surface area contributed by atoms with Gasteiger partial charge in [-0.25, -0.2) is 4.79 Å². The van der Waals surface area contributed by atoms with Crippen LogP contribution in [0.1, 0.15) is 105 Å². The molecule has 3 saturated carbocycles. The molecule has 4 aliphatic carbocycles. The molecule has 0 amide bonds. The quantitative estimate of drug-likeness (QED) is 0.274. The maximum Gasteiger partial charge on any atom is 0.328 e. The van der Waals surface area contributed by atoms with Crippen LogP contribution in [0.5, 0.6) is 0 Å². The first-order chi connectivity index (χ1) is 16.1. The summed E-state index contributed by atoms with van der Waals surface area (Å²) in [5.41, 5.74) is 2.55. The van der Waals surface area contributed by atoms with Gasteiger partial charge in [0.2, 0.25) is 0 Å². The lowest BCUT2D eigenvalue weighted by atomic mass is 9.47. The molecule has 0 spiro atoms. The normalized spacial score (nSPS) is 40.5. The molecular weight excluding hydrogens is 420 g/mol. The van der Waals surface area contributed by atoms with Gasteiger partial charge in [-0.2, -0.15) is 0 Å². The van der Waals surface area contributed by atoms with Gasteiger partial charge in [0, 0.05) is 6.08 Å². The van der Waals surface area contributed by atoms with E-state index < -0.39 is 5.97 Å². The molecular formula is C31H50O3. The Kier molecular flexibility index (Phi) is 8.02. The second kappa shape index (κ2) is 10.5. The smallest absolute Gasteiger partial charge is 0.328 e. The van der Waals surface area contributed by atoms with Gasteiger partial charge in [0.15, 0.2) is 0 Å². The van der Waals surface area contributed by atoms with Gasteiger partial charge in [0.1, 0.15) is 0 Å². The van der Waals surface area contributed by atoms with Gasteiger partial charge in [-0.15, -0.1) is 0 Å². The van der Waals surface area contributed by atoms with Gasteiger partial charge >= 0.3 is 5.97 Å². The van der Waals surface area contributed by atoms with E-state index in [9.17, 15) is 4.79 Å². The summed E-state index contributed by atoms with van der Waals surface area (Å²) in [6.45, 7) is 12.9. The third-order valence-electron chi connectivity index (χ3n) is 10.9. The van der Waals surface area contributed by atoms with E-state index >= 15 is 0 Å². The van der Waals surface area contributed by atoms with Crippen LogP contribution in [0.4, 0.5) is 0 Å². The predicted molar refractivity (Wildman–Crippen MR) is 140 cm³/mol. The van der Waals surface area contributed by atoms with Crippen molar-refractivity contribution in [3.63, 3.8) is 0 Å². The van der Waals surface area contributed by atoms with E-state index in [1.807, 2.05) is 0 Å². The first-order valence-corrected chi connectivity index (χ1v) is 14.4. The summed E-state index contributed by atoms with van der Waals surface area (Å²) in [6.07, 6.45) is 20.3. The Hall–Kier alpha value is -1.09. The van der Waals surface area contributed by atoms with Crippen LogP contribution in [0.3, 0.4) is 0 Å². The molecule has 3 fully saturated rings. The molecule has 3 nitrogen and oxygen atoms in total. The topological polar surface area (TPSA) is 46.5 Å². The Morgan fingerprint density at radius 2 is 1.91 bits per heavy atom. The van der Waals surface area contributed by atoms with Crippen molar-refractivity contribution >= 4 is 5.97 Å². The summed E-state index contributed by atoms with van der Waals surface area (Å²) in [7, 11) is 0. The number of hydrogen-bond acceptors (Lipinski definition) is 2. The number of ether oxygens (including phenoxy) is 1. The Bertz CT molecular complexity index is 782. The van der Waals surface area contributed by atoms with Crippen LogP contribution in [-0.4, -0.2) is 23.8 Å². The average molecular weight is 471 g/mol. The Morgan fingerprint density at radius 1 is 1.12 bits per heavy atom. The number of allylic oxidation sites excluding steroid dienone is 1. The largest absolute Gasteiger partial charge is 0.478 e. The number of rotatable bonds is 9. The first-order valence-electron chi connectivity index (χ1n) is 14.4. The van der Waals surface area contributed by atoms with E-state index in [4.69, 9.17) is 9.84 Å². The summed E-state index contributed by atoms with van der Waals surface area (Å²) in [5, 5.41) is 8.78. The molecule has 0 aliphatic heterocycles. The summed E-state index contributed by atoms with van der Waals surface area (Å²) < 4.78 is 6.05. The molecule has 0 aromatic carbocycles. The van der Waals surface area contributed by atoms with Gasteiger partial charge < -0.3 is 9.84 Å². The molecule has 0 aromatic heterocycles. The number of hydrogen-bond donors (Lipinski definition) is 1. The number of carboxylic acid groups (broad SMARTS) is 1. The van der Waals surface area contributed by atoms with Gasteiger partial charge in [-0.3, -0.25) is 0 Å². The SMILES string of the molecule is CC(C)CCCC(C)C1CCC2C3CC=C4CC(OCC=CC(=O)O)CCC4(C)C3CCC12C. The molecule has 3 heteroatoms. The maximum absolute atomic E-state index is 10.7. The molecule has 0 heterocycles. The van der Waals surface area contributed by atoms with Crippen molar-refractivity contribution < 1.29 is 14.6 Å². The van der Waals surface area contributed by atoms with E-state index in [0.717, 1.165) is 48.3 Å². The fourth-order valence-corrected chi connectivity index (χ4v) is 9.13. The van der Waals surface area contributed by atoms with E-state index in [1.54, 1.807) is 11.6 Å². The molecule has 8 unspecified atom stereocenters. The maximum atomic E-state index is 10.7. The highest BCUT2D eigenvalue weighted by Gasteiger charge is 2.59. The Morgan fingerprint density at radius 3 is 2.65 bits per heavy atom. The van der Waals surface area contributed by atoms with E-state index in [-0.39, 0.29) is 6.10 Å². The minimum absolute atomic E-state index is 0.241. The lowest BCUT2D eigenvalue weighted by molar-refractivity contribution is -0.131. The molecule has 0 radical (unpaired) electrons. The van der Waals surface area contributed by atoms with Crippen LogP contribution < -0.4 is 0 Å². The molecule has 0 saturated heterocycles. The zero-order valence-corrected chi connectivity index (χ0v) is 22.5. The van der Waals surface area contributed by atoms with Gasteiger partial charge in [0.05, 0.1) is 12.7 Å². The number of carbonyl (C=O) groups is 1. The van der Waals surface area contributed by atoms with Crippen molar-refractivity contribution in [3.8, 4) is 0 Å². The van der Waals surface area contributed by atoms with Crippen molar-refractivity contribution in [1.82, 2.24) is 0 Å². The van der Waals surface area contributed by atoms with Crippen molar-refractivity contribution in [2.75, 3.05) is 6.61 Å². The van der Waals surface area contributed by atoms with Crippen LogP contribution in [0.15, 0.2) is 23.8 Å². The van der Waals surface area contributed by atoms with Gasteiger partial charge in [-0.05, 0) is 97.7 Å². The third kappa shape index (κ3) is 5.06. The molecule has 0 aromatic rings. The minimum Gasteiger partial charge on any atom is -0.478 e. The molecule has 4 rings (SSSR count). The molecule has 192 valence electrons. The first kappa shape index (κ1) is 26.0. The molecule has 4 aliphatic rings.